The van der Waals surface area contributed by atoms with Crippen LogP contribution < -0.4 is 10.5 Å². The van der Waals surface area contributed by atoms with Gasteiger partial charge in [0.15, 0.2) is 0 Å². The molecule has 1 saturated carbocycles. The molecule has 106 valence electrons. The fraction of sp³-hybridized carbons (Fsp3) is 0.643. The maximum atomic E-state index is 5.97. The van der Waals surface area contributed by atoms with E-state index in [-0.39, 0.29) is 18.5 Å². The summed E-state index contributed by atoms with van der Waals surface area (Å²) in [4.78, 5) is 4.40. The minimum absolute atomic E-state index is 0. The minimum Gasteiger partial charge on any atom is -0.474 e. The summed E-state index contributed by atoms with van der Waals surface area (Å²) < 4.78 is 11.4. The highest BCUT2D eigenvalue weighted by Gasteiger charge is 2.29. The van der Waals surface area contributed by atoms with Crippen molar-refractivity contribution in [1.29, 1.82) is 0 Å². The van der Waals surface area contributed by atoms with Crippen molar-refractivity contribution in [2.75, 3.05) is 13.2 Å². The molecule has 0 atom stereocenters. The second-order valence-corrected chi connectivity index (χ2v) is 5.26. The Morgan fingerprint density at radius 3 is 2.68 bits per heavy atom. The molecule has 5 heteroatoms. The molecule has 2 aliphatic rings. The van der Waals surface area contributed by atoms with E-state index in [2.05, 4.69) is 11.1 Å². The van der Waals surface area contributed by atoms with Gasteiger partial charge in [0.05, 0.1) is 0 Å². The summed E-state index contributed by atoms with van der Waals surface area (Å²) in [6.07, 6.45) is 6.08. The van der Waals surface area contributed by atoms with Gasteiger partial charge in [-0.1, -0.05) is 6.07 Å². The van der Waals surface area contributed by atoms with Gasteiger partial charge in [0.1, 0.15) is 6.10 Å². The first-order valence-electron chi connectivity index (χ1n) is 6.78. The smallest absolute Gasteiger partial charge is 0.217 e. The highest BCUT2D eigenvalue weighted by atomic mass is 35.5. The Kier molecular flexibility index (Phi) is 5.02. The van der Waals surface area contributed by atoms with E-state index in [1.165, 1.54) is 5.56 Å². The van der Waals surface area contributed by atoms with Crippen LogP contribution in [-0.2, 0) is 4.74 Å². The van der Waals surface area contributed by atoms with Crippen LogP contribution in [0.15, 0.2) is 18.3 Å². The first-order chi connectivity index (χ1) is 8.83. The molecule has 2 N–H and O–H groups in total. The fourth-order valence-corrected chi connectivity index (χ4v) is 2.68. The van der Waals surface area contributed by atoms with Gasteiger partial charge in [-0.2, -0.15) is 0 Å². The predicted octanol–water partition coefficient (Wildman–Crippen LogP) is 2.27. The number of aromatic nitrogens is 1. The molecule has 0 radical (unpaired) electrons. The monoisotopic (exact) mass is 284 g/mol. The summed E-state index contributed by atoms with van der Waals surface area (Å²) in [6, 6.07) is 4.44. The average molecular weight is 285 g/mol. The lowest BCUT2D eigenvalue weighted by Gasteiger charge is -2.33. The third-order valence-corrected chi connectivity index (χ3v) is 3.87. The molecule has 1 aliphatic heterocycles. The first kappa shape index (κ1) is 14.6. The quantitative estimate of drug-likeness (QED) is 0.925. The van der Waals surface area contributed by atoms with Gasteiger partial charge in [0.25, 0.3) is 0 Å². The number of ether oxygens (including phenoxy) is 2. The topological polar surface area (TPSA) is 57.4 Å². The van der Waals surface area contributed by atoms with Gasteiger partial charge in [-0.25, -0.2) is 4.98 Å². The lowest BCUT2D eigenvalue weighted by molar-refractivity contribution is 0.0778. The summed E-state index contributed by atoms with van der Waals surface area (Å²) in [5.41, 5.74) is 7.02. The van der Waals surface area contributed by atoms with Crippen LogP contribution in [0.1, 0.15) is 37.2 Å². The third-order valence-electron chi connectivity index (χ3n) is 3.87. The Morgan fingerprint density at radius 2 is 2.00 bits per heavy atom. The van der Waals surface area contributed by atoms with Gasteiger partial charge in [-0.15, -0.1) is 12.4 Å². The molecule has 0 bridgehead atoms. The number of pyridine rings is 1. The molecule has 2 heterocycles. The molecule has 1 aromatic rings. The van der Waals surface area contributed by atoms with Gasteiger partial charge in [-0.05, 0) is 37.7 Å². The number of rotatable bonds is 3. The maximum Gasteiger partial charge on any atom is 0.217 e. The number of hydrogen-bond donors (Lipinski definition) is 1. The summed E-state index contributed by atoms with van der Waals surface area (Å²) in [7, 11) is 0. The van der Waals surface area contributed by atoms with Crippen LogP contribution in [0, 0.1) is 0 Å². The summed E-state index contributed by atoms with van der Waals surface area (Å²) in [5, 5.41) is 0. The van der Waals surface area contributed by atoms with Crippen LogP contribution in [0.2, 0.25) is 0 Å². The molecule has 3 rings (SSSR count). The Labute approximate surface area is 120 Å². The highest BCUT2D eigenvalue weighted by molar-refractivity contribution is 5.85. The van der Waals surface area contributed by atoms with E-state index in [0.29, 0.717) is 12.0 Å². The molecule has 0 aromatic carbocycles. The Morgan fingerprint density at radius 1 is 1.26 bits per heavy atom. The van der Waals surface area contributed by atoms with Crippen LogP contribution >= 0.6 is 12.4 Å². The van der Waals surface area contributed by atoms with Gasteiger partial charge < -0.3 is 15.2 Å². The zero-order valence-electron chi connectivity index (χ0n) is 11.0. The van der Waals surface area contributed by atoms with Crippen molar-refractivity contribution in [3.63, 3.8) is 0 Å². The van der Waals surface area contributed by atoms with Crippen molar-refractivity contribution >= 4 is 12.4 Å². The second kappa shape index (κ2) is 6.55. The zero-order chi connectivity index (χ0) is 12.4. The molecule has 1 aromatic heterocycles. The molecule has 0 unspecified atom stereocenters. The summed E-state index contributed by atoms with van der Waals surface area (Å²) in [5.74, 6) is 1.33. The Hall–Kier alpha value is -0.840. The van der Waals surface area contributed by atoms with Crippen molar-refractivity contribution in [2.45, 2.75) is 43.7 Å². The van der Waals surface area contributed by atoms with Crippen LogP contribution in [0.3, 0.4) is 0 Å². The van der Waals surface area contributed by atoms with Crippen molar-refractivity contribution in [1.82, 2.24) is 4.98 Å². The third kappa shape index (κ3) is 3.38. The van der Waals surface area contributed by atoms with E-state index >= 15 is 0 Å². The van der Waals surface area contributed by atoms with Crippen molar-refractivity contribution in [3.05, 3.63) is 23.9 Å². The maximum absolute atomic E-state index is 5.97. The largest absolute Gasteiger partial charge is 0.474 e. The van der Waals surface area contributed by atoms with Crippen LogP contribution in [0.4, 0.5) is 0 Å². The molecule has 0 spiro atoms. The Bertz CT molecular complexity index is 404. The van der Waals surface area contributed by atoms with E-state index < -0.39 is 0 Å². The highest BCUT2D eigenvalue weighted by Crippen LogP contribution is 2.34. The van der Waals surface area contributed by atoms with Gasteiger partial charge >= 0.3 is 0 Å². The van der Waals surface area contributed by atoms with E-state index in [4.69, 9.17) is 15.2 Å². The molecule has 0 amide bonds. The van der Waals surface area contributed by atoms with Crippen LogP contribution in [0.25, 0.3) is 0 Å². The lowest BCUT2D eigenvalue weighted by Crippen LogP contribution is -2.43. The van der Waals surface area contributed by atoms with E-state index in [0.717, 1.165) is 44.8 Å². The predicted molar refractivity (Wildman–Crippen MR) is 75.9 cm³/mol. The molecule has 1 aliphatic carbocycles. The zero-order valence-corrected chi connectivity index (χ0v) is 11.8. The normalized spacial score (nSPS) is 27.2. The first-order valence-corrected chi connectivity index (χ1v) is 6.78. The van der Waals surface area contributed by atoms with Gasteiger partial charge in [0.2, 0.25) is 5.88 Å². The number of halogens is 1. The van der Waals surface area contributed by atoms with Crippen LogP contribution in [0.5, 0.6) is 5.88 Å². The Balaban J connectivity index is 0.00000133. The number of nitrogens with zero attached hydrogens (tertiary/aromatic N) is 1. The molecule has 4 nitrogen and oxygen atoms in total. The summed E-state index contributed by atoms with van der Waals surface area (Å²) >= 11 is 0. The van der Waals surface area contributed by atoms with Crippen molar-refractivity contribution in [3.8, 4) is 5.88 Å². The van der Waals surface area contributed by atoms with Crippen molar-refractivity contribution < 1.29 is 9.47 Å². The number of nitrogens with two attached hydrogens (primary N) is 1. The lowest BCUT2D eigenvalue weighted by atomic mass is 9.89. The molecular weight excluding hydrogens is 264 g/mol. The summed E-state index contributed by atoms with van der Waals surface area (Å²) in [6.45, 7) is 1.68. The van der Waals surface area contributed by atoms with Gasteiger partial charge in [-0.3, -0.25) is 0 Å². The standard InChI is InChI=1S/C14H20N2O2.ClH/c15-11-8-12(9-11)18-14-13(2-1-5-16-14)10-3-6-17-7-4-10;/h1-2,5,10-12H,3-4,6-9,15H2;1H. The minimum atomic E-state index is 0. The fourth-order valence-electron chi connectivity index (χ4n) is 2.68. The van der Waals surface area contributed by atoms with E-state index in [1.807, 2.05) is 6.07 Å². The van der Waals surface area contributed by atoms with E-state index in [1.54, 1.807) is 6.20 Å². The van der Waals surface area contributed by atoms with Gasteiger partial charge in [0, 0.05) is 31.0 Å². The SMILES string of the molecule is Cl.NC1CC(Oc2ncccc2C2CCOCC2)C1. The van der Waals surface area contributed by atoms with E-state index in [9.17, 15) is 0 Å². The average Bonchev–Trinajstić information content (AvgIpc) is 2.39. The molecule has 1 saturated heterocycles. The molecule has 2 fully saturated rings. The second-order valence-electron chi connectivity index (χ2n) is 5.26. The van der Waals surface area contributed by atoms with Crippen molar-refractivity contribution in [2.24, 2.45) is 5.73 Å². The number of hydrogen-bond acceptors (Lipinski definition) is 4. The molecule has 19 heavy (non-hydrogen) atoms. The molecular formula is C14H21ClN2O2. The van der Waals surface area contributed by atoms with Crippen LogP contribution in [-0.4, -0.2) is 30.3 Å².